The van der Waals surface area contributed by atoms with E-state index in [0.717, 1.165) is 45.5 Å². The van der Waals surface area contributed by atoms with E-state index >= 15 is 0 Å². The standard InChI is InChI=1S/C15H24N2O2/c1-2-14(18)11-17-9-6-13(7-10-17)12-19-15-5-3-4-8-16-15/h3-5,8,13-14,18H,2,6-7,9-12H2,1H3/t14-/m1/s1. The van der Waals surface area contributed by atoms with Crippen LogP contribution >= 0.6 is 0 Å². The van der Waals surface area contributed by atoms with Crippen LogP contribution < -0.4 is 4.74 Å². The number of aromatic nitrogens is 1. The van der Waals surface area contributed by atoms with Crippen molar-refractivity contribution in [3.63, 3.8) is 0 Å². The topological polar surface area (TPSA) is 45.6 Å². The van der Waals surface area contributed by atoms with Crippen LogP contribution in [0.3, 0.4) is 0 Å². The molecule has 1 aromatic rings. The molecule has 2 rings (SSSR count). The fourth-order valence-electron chi connectivity index (χ4n) is 2.40. The zero-order chi connectivity index (χ0) is 13.5. The third-order valence-electron chi connectivity index (χ3n) is 3.75. The van der Waals surface area contributed by atoms with Crippen molar-refractivity contribution in [2.45, 2.75) is 32.3 Å². The SMILES string of the molecule is CC[C@@H](O)CN1CCC(COc2ccccn2)CC1. The van der Waals surface area contributed by atoms with E-state index < -0.39 is 0 Å². The maximum atomic E-state index is 9.65. The summed E-state index contributed by atoms with van der Waals surface area (Å²) in [6.07, 6.45) is 4.69. The summed E-state index contributed by atoms with van der Waals surface area (Å²) >= 11 is 0. The first-order valence-corrected chi connectivity index (χ1v) is 7.22. The van der Waals surface area contributed by atoms with Crippen molar-refractivity contribution in [1.29, 1.82) is 0 Å². The minimum absolute atomic E-state index is 0.179. The lowest BCUT2D eigenvalue weighted by Gasteiger charge is -2.32. The van der Waals surface area contributed by atoms with Crippen LogP contribution in [0, 0.1) is 5.92 Å². The Hall–Kier alpha value is -1.13. The van der Waals surface area contributed by atoms with Crippen molar-refractivity contribution in [1.82, 2.24) is 9.88 Å². The molecule has 0 radical (unpaired) electrons. The molecule has 1 fully saturated rings. The molecule has 1 N–H and O–H groups in total. The summed E-state index contributed by atoms with van der Waals surface area (Å²) in [7, 11) is 0. The molecule has 0 aromatic carbocycles. The normalized spacial score (nSPS) is 19.3. The van der Waals surface area contributed by atoms with Gasteiger partial charge in [-0.25, -0.2) is 4.98 Å². The van der Waals surface area contributed by atoms with Gasteiger partial charge in [0.05, 0.1) is 12.7 Å². The predicted molar refractivity (Wildman–Crippen MR) is 75.2 cm³/mol. The van der Waals surface area contributed by atoms with Gasteiger partial charge in [0.2, 0.25) is 5.88 Å². The molecule has 0 amide bonds. The molecule has 0 aliphatic carbocycles. The predicted octanol–water partition coefficient (Wildman–Crippen LogP) is 1.94. The number of piperidine rings is 1. The second-order valence-corrected chi connectivity index (χ2v) is 5.29. The van der Waals surface area contributed by atoms with Gasteiger partial charge < -0.3 is 14.7 Å². The summed E-state index contributed by atoms with van der Waals surface area (Å²) in [6, 6.07) is 5.73. The van der Waals surface area contributed by atoms with Gasteiger partial charge in [-0.15, -0.1) is 0 Å². The fourth-order valence-corrected chi connectivity index (χ4v) is 2.40. The van der Waals surface area contributed by atoms with Gasteiger partial charge in [0.25, 0.3) is 0 Å². The molecule has 4 nitrogen and oxygen atoms in total. The molecule has 1 atom stereocenters. The molecule has 0 saturated carbocycles. The number of aliphatic hydroxyl groups excluding tert-OH is 1. The number of rotatable bonds is 6. The van der Waals surface area contributed by atoms with Crippen molar-refractivity contribution < 1.29 is 9.84 Å². The average molecular weight is 264 g/mol. The number of ether oxygens (including phenoxy) is 1. The Morgan fingerprint density at radius 3 is 2.84 bits per heavy atom. The van der Waals surface area contributed by atoms with E-state index in [4.69, 9.17) is 4.74 Å². The van der Waals surface area contributed by atoms with Crippen LogP contribution in [0.1, 0.15) is 26.2 Å². The van der Waals surface area contributed by atoms with Crippen molar-refractivity contribution in [3.8, 4) is 5.88 Å². The third kappa shape index (κ3) is 4.80. The van der Waals surface area contributed by atoms with Crippen molar-refractivity contribution in [2.75, 3.05) is 26.2 Å². The molecule has 1 aromatic heterocycles. The molecule has 1 saturated heterocycles. The molecule has 0 spiro atoms. The summed E-state index contributed by atoms with van der Waals surface area (Å²) in [5, 5.41) is 9.65. The molecule has 106 valence electrons. The summed E-state index contributed by atoms with van der Waals surface area (Å²) < 4.78 is 5.70. The van der Waals surface area contributed by atoms with E-state index in [0.29, 0.717) is 11.8 Å². The summed E-state index contributed by atoms with van der Waals surface area (Å²) in [5.41, 5.74) is 0. The number of hydrogen-bond acceptors (Lipinski definition) is 4. The Labute approximate surface area is 115 Å². The zero-order valence-electron chi connectivity index (χ0n) is 11.7. The van der Waals surface area contributed by atoms with E-state index in [1.165, 1.54) is 0 Å². The fraction of sp³-hybridized carbons (Fsp3) is 0.667. The highest BCUT2D eigenvalue weighted by Crippen LogP contribution is 2.18. The highest BCUT2D eigenvalue weighted by molar-refractivity contribution is 5.09. The number of hydrogen-bond donors (Lipinski definition) is 1. The van der Waals surface area contributed by atoms with Crippen molar-refractivity contribution in [3.05, 3.63) is 24.4 Å². The molecule has 2 heterocycles. The van der Waals surface area contributed by atoms with E-state index in [-0.39, 0.29) is 6.10 Å². The smallest absolute Gasteiger partial charge is 0.213 e. The Balaban J connectivity index is 1.66. The monoisotopic (exact) mass is 264 g/mol. The van der Waals surface area contributed by atoms with Crippen molar-refractivity contribution >= 4 is 0 Å². The summed E-state index contributed by atoms with van der Waals surface area (Å²) in [5.74, 6) is 1.32. The van der Waals surface area contributed by atoms with Crippen LogP contribution in [-0.2, 0) is 0 Å². The van der Waals surface area contributed by atoms with E-state index in [2.05, 4.69) is 9.88 Å². The number of nitrogens with zero attached hydrogens (tertiary/aromatic N) is 2. The Bertz CT molecular complexity index is 350. The van der Waals surface area contributed by atoms with Gasteiger partial charge in [0.1, 0.15) is 0 Å². The largest absolute Gasteiger partial charge is 0.477 e. The van der Waals surface area contributed by atoms with Gasteiger partial charge in [0.15, 0.2) is 0 Å². The van der Waals surface area contributed by atoms with Crippen LogP contribution in [0.2, 0.25) is 0 Å². The molecule has 1 aliphatic rings. The molecule has 0 unspecified atom stereocenters. The lowest BCUT2D eigenvalue weighted by atomic mass is 9.97. The summed E-state index contributed by atoms with van der Waals surface area (Å²) in [4.78, 5) is 6.52. The van der Waals surface area contributed by atoms with Crippen LogP contribution in [-0.4, -0.2) is 47.3 Å². The van der Waals surface area contributed by atoms with Gasteiger partial charge in [0, 0.05) is 18.8 Å². The maximum absolute atomic E-state index is 9.65. The Morgan fingerprint density at radius 1 is 1.42 bits per heavy atom. The number of aliphatic hydroxyl groups is 1. The molecular weight excluding hydrogens is 240 g/mol. The lowest BCUT2D eigenvalue weighted by Crippen LogP contribution is -2.39. The van der Waals surface area contributed by atoms with E-state index in [9.17, 15) is 5.11 Å². The van der Waals surface area contributed by atoms with E-state index in [1.54, 1.807) is 6.20 Å². The number of pyridine rings is 1. The first kappa shape index (κ1) is 14.3. The summed E-state index contributed by atoms with van der Waals surface area (Å²) in [6.45, 7) is 5.71. The quantitative estimate of drug-likeness (QED) is 0.853. The molecule has 4 heteroatoms. The maximum Gasteiger partial charge on any atom is 0.213 e. The van der Waals surface area contributed by atoms with Crippen LogP contribution in [0.15, 0.2) is 24.4 Å². The van der Waals surface area contributed by atoms with Gasteiger partial charge in [-0.1, -0.05) is 13.0 Å². The van der Waals surface area contributed by atoms with Crippen LogP contribution in [0.25, 0.3) is 0 Å². The van der Waals surface area contributed by atoms with Gasteiger partial charge >= 0.3 is 0 Å². The first-order chi connectivity index (χ1) is 9.28. The van der Waals surface area contributed by atoms with E-state index in [1.807, 2.05) is 25.1 Å². The highest BCUT2D eigenvalue weighted by atomic mass is 16.5. The Morgan fingerprint density at radius 2 is 2.21 bits per heavy atom. The van der Waals surface area contributed by atoms with Gasteiger partial charge in [-0.3, -0.25) is 0 Å². The minimum atomic E-state index is -0.179. The first-order valence-electron chi connectivity index (χ1n) is 7.22. The molecule has 0 bridgehead atoms. The second-order valence-electron chi connectivity index (χ2n) is 5.29. The molecular formula is C15H24N2O2. The zero-order valence-corrected chi connectivity index (χ0v) is 11.7. The Kier molecular flexibility index (Phi) is 5.61. The number of likely N-dealkylation sites (tertiary alicyclic amines) is 1. The van der Waals surface area contributed by atoms with Crippen LogP contribution in [0.4, 0.5) is 0 Å². The second kappa shape index (κ2) is 7.46. The molecule has 19 heavy (non-hydrogen) atoms. The highest BCUT2D eigenvalue weighted by Gasteiger charge is 2.21. The lowest BCUT2D eigenvalue weighted by molar-refractivity contribution is 0.0770. The van der Waals surface area contributed by atoms with Gasteiger partial charge in [-0.2, -0.15) is 0 Å². The van der Waals surface area contributed by atoms with Crippen LogP contribution in [0.5, 0.6) is 5.88 Å². The number of β-amino-alcohol motifs (C(OH)–C–C–N with tert-alkyl or cyclic N) is 1. The third-order valence-corrected chi connectivity index (χ3v) is 3.75. The molecule has 1 aliphatic heterocycles. The van der Waals surface area contributed by atoms with Crippen molar-refractivity contribution in [2.24, 2.45) is 5.92 Å². The minimum Gasteiger partial charge on any atom is -0.477 e. The average Bonchev–Trinajstić information content (AvgIpc) is 2.47. The van der Waals surface area contributed by atoms with Gasteiger partial charge in [-0.05, 0) is 44.3 Å².